The molecule has 0 radical (unpaired) electrons. The second-order valence-corrected chi connectivity index (χ2v) is 2.72. The second-order valence-electron chi connectivity index (χ2n) is 2.18. The van der Waals surface area contributed by atoms with Gasteiger partial charge in [0, 0.05) is 34.9 Å². The predicted molar refractivity (Wildman–Crippen MR) is 40.3 cm³/mol. The van der Waals surface area contributed by atoms with Crippen LogP contribution < -0.4 is 9.26 Å². The van der Waals surface area contributed by atoms with E-state index in [4.69, 9.17) is 5.73 Å². The third-order valence-corrected chi connectivity index (χ3v) is 2.23. The fourth-order valence-electron chi connectivity index (χ4n) is 0.0386. The zero-order valence-electron chi connectivity index (χ0n) is 4.66. The van der Waals surface area contributed by atoms with E-state index in [9.17, 15) is 0 Å². The molecule has 3 heteroatoms. The van der Waals surface area contributed by atoms with Gasteiger partial charge in [0.1, 0.15) is 0 Å². The molecule has 0 aromatic heterocycles. The lowest BCUT2D eigenvalue weighted by molar-refractivity contribution is 0.507. The van der Waals surface area contributed by atoms with E-state index in [1.54, 1.807) is 0 Å². The summed E-state index contributed by atoms with van der Waals surface area (Å²) >= 11 is 2.10. The lowest BCUT2D eigenvalue weighted by Gasteiger charge is -2.18. The number of nitrogens with one attached hydrogen (secondary N) is 1. The summed E-state index contributed by atoms with van der Waals surface area (Å²) in [6.45, 7) is 4.79. The predicted octanol–water partition coefficient (Wildman–Crippen LogP) is 0.663. The van der Waals surface area contributed by atoms with Crippen LogP contribution >= 0.6 is 22.9 Å². The third-order valence-electron chi connectivity index (χ3n) is 0.766. The first-order chi connectivity index (χ1) is 3.12. The molecule has 0 saturated carbocycles. The summed E-state index contributed by atoms with van der Waals surface area (Å²) in [7, 11) is 0. The van der Waals surface area contributed by atoms with Crippen LogP contribution in [0.2, 0.25) is 0 Å². The van der Waals surface area contributed by atoms with E-state index in [0.717, 1.165) is 0 Å². The van der Waals surface area contributed by atoms with Gasteiger partial charge in [-0.1, -0.05) is 0 Å². The van der Waals surface area contributed by atoms with Crippen LogP contribution in [0.4, 0.5) is 0 Å². The number of halogens is 1. The van der Waals surface area contributed by atoms with Gasteiger partial charge in [-0.05, 0) is 13.8 Å². The average Bonchev–Trinajstić information content (AvgIpc) is 1.68. The van der Waals surface area contributed by atoms with Crippen molar-refractivity contribution in [3.8, 4) is 0 Å². The maximum atomic E-state index is 5.35. The Morgan fingerprint density at radius 1 is 1.71 bits per heavy atom. The van der Waals surface area contributed by atoms with Crippen molar-refractivity contribution in [2.75, 3.05) is 6.54 Å². The summed E-state index contributed by atoms with van der Waals surface area (Å²) in [4.78, 5) is 0. The minimum atomic E-state index is 0.0978. The largest absolute Gasteiger partial charge is 0.329 e. The van der Waals surface area contributed by atoms with E-state index in [1.165, 1.54) is 0 Å². The van der Waals surface area contributed by atoms with E-state index < -0.39 is 0 Å². The molecule has 0 spiro atoms. The molecule has 0 aliphatic carbocycles. The molecule has 0 saturated heterocycles. The monoisotopic (exact) mass is 214 g/mol. The quantitative estimate of drug-likeness (QED) is 0.523. The summed E-state index contributed by atoms with van der Waals surface area (Å²) < 4.78 is 3.04. The van der Waals surface area contributed by atoms with Crippen molar-refractivity contribution >= 4 is 22.9 Å². The highest BCUT2D eigenvalue weighted by molar-refractivity contribution is 14.1. The zero-order chi connectivity index (χ0) is 5.91. The number of nitrogens with two attached hydrogens (primary N) is 1. The van der Waals surface area contributed by atoms with Crippen LogP contribution in [0.3, 0.4) is 0 Å². The van der Waals surface area contributed by atoms with Gasteiger partial charge in [-0.15, -0.1) is 0 Å². The molecule has 0 aromatic rings. The summed E-state index contributed by atoms with van der Waals surface area (Å²) in [5.74, 6) is 0. The molecule has 0 aromatic carbocycles. The molecule has 0 amide bonds. The molecule has 0 heterocycles. The molecule has 0 aliphatic rings. The molecule has 0 fully saturated rings. The van der Waals surface area contributed by atoms with Crippen LogP contribution in [0.1, 0.15) is 13.8 Å². The molecular weight excluding hydrogens is 203 g/mol. The fourth-order valence-corrected chi connectivity index (χ4v) is 0.259. The topological polar surface area (TPSA) is 38.0 Å². The highest BCUT2D eigenvalue weighted by Crippen LogP contribution is 1.99. The maximum Gasteiger partial charge on any atom is 0.0340 e. The number of rotatable bonds is 2. The molecule has 44 valence electrons. The van der Waals surface area contributed by atoms with Gasteiger partial charge in [-0.3, -0.25) is 3.53 Å². The Hall–Kier alpha value is 0.650. The van der Waals surface area contributed by atoms with E-state index >= 15 is 0 Å². The fraction of sp³-hybridized carbons (Fsp3) is 1.00. The van der Waals surface area contributed by atoms with Crippen LogP contribution in [0.15, 0.2) is 0 Å². The van der Waals surface area contributed by atoms with Gasteiger partial charge in [-0.25, -0.2) is 0 Å². The van der Waals surface area contributed by atoms with Crippen molar-refractivity contribution in [3.63, 3.8) is 0 Å². The standard InChI is InChI=1S/C4H11IN2/c1-4(2,3-6)7-5/h7H,3,6H2,1-2H3. The van der Waals surface area contributed by atoms with Gasteiger partial charge in [0.25, 0.3) is 0 Å². The van der Waals surface area contributed by atoms with Crippen molar-refractivity contribution in [1.29, 1.82) is 0 Å². The van der Waals surface area contributed by atoms with Crippen LogP contribution in [0.5, 0.6) is 0 Å². The summed E-state index contributed by atoms with van der Waals surface area (Å²) in [5.41, 5.74) is 5.45. The van der Waals surface area contributed by atoms with Gasteiger partial charge in [0.05, 0.1) is 0 Å². The number of hydrogen-bond acceptors (Lipinski definition) is 2. The summed E-state index contributed by atoms with van der Waals surface area (Å²) in [6, 6.07) is 0. The van der Waals surface area contributed by atoms with Crippen molar-refractivity contribution in [2.45, 2.75) is 19.4 Å². The average molecular weight is 214 g/mol. The molecule has 0 rings (SSSR count). The molecule has 3 N–H and O–H groups in total. The lowest BCUT2D eigenvalue weighted by Crippen LogP contribution is -2.40. The molecule has 2 nitrogen and oxygen atoms in total. The first-order valence-electron chi connectivity index (χ1n) is 2.20. The van der Waals surface area contributed by atoms with Gasteiger partial charge < -0.3 is 5.73 Å². The lowest BCUT2D eigenvalue weighted by atomic mass is 10.1. The zero-order valence-corrected chi connectivity index (χ0v) is 6.82. The van der Waals surface area contributed by atoms with Crippen LogP contribution in [0.25, 0.3) is 0 Å². The maximum absolute atomic E-state index is 5.35. The Balaban J connectivity index is 3.36. The Labute approximate surface area is 58.3 Å². The molecule has 7 heavy (non-hydrogen) atoms. The SMILES string of the molecule is CC(C)(CN)NI. The molecular formula is C4H11IN2. The van der Waals surface area contributed by atoms with Crippen LogP contribution in [-0.2, 0) is 0 Å². The molecule has 0 unspecified atom stereocenters. The molecule has 0 bridgehead atoms. The minimum absolute atomic E-state index is 0.0978. The highest BCUT2D eigenvalue weighted by Gasteiger charge is 2.10. The second kappa shape index (κ2) is 2.84. The minimum Gasteiger partial charge on any atom is -0.329 e. The Kier molecular flexibility index (Phi) is 3.10. The first-order valence-corrected chi connectivity index (χ1v) is 3.28. The van der Waals surface area contributed by atoms with Gasteiger partial charge in [0.2, 0.25) is 0 Å². The molecule has 0 aliphatic heterocycles. The smallest absolute Gasteiger partial charge is 0.0340 e. The van der Waals surface area contributed by atoms with Gasteiger partial charge in [-0.2, -0.15) is 0 Å². The van der Waals surface area contributed by atoms with E-state index in [0.29, 0.717) is 6.54 Å². The van der Waals surface area contributed by atoms with Crippen molar-refractivity contribution < 1.29 is 0 Å². The highest BCUT2D eigenvalue weighted by atomic mass is 127. The summed E-state index contributed by atoms with van der Waals surface area (Å²) in [6.07, 6.45) is 0. The van der Waals surface area contributed by atoms with Gasteiger partial charge >= 0.3 is 0 Å². The first kappa shape index (κ1) is 7.65. The normalized spacial score (nSPS) is 12.0. The molecule has 0 atom stereocenters. The van der Waals surface area contributed by atoms with Crippen molar-refractivity contribution in [3.05, 3.63) is 0 Å². The Morgan fingerprint density at radius 2 is 2.14 bits per heavy atom. The van der Waals surface area contributed by atoms with Crippen LogP contribution in [-0.4, -0.2) is 12.1 Å². The van der Waals surface area contributed by atoms with E-state index in [2.05, 4.69) is 40.2 Å². The van der Waals surface area contributed by atoms with Crippen molar-refractivity contribution in [1.82, 2.24) is 3.53 Å². The Bertz CT molecular complexity index is 47.7. The Morgan fingerprint density at radius 3 is 2.14 bits per heavy atom. The number of hydrogen-bond donors (Lipinski definition) is 2. The third kappa shape index (κ3) is 3.25. The van der Waals surface area contributed by atoms with E-state index in [1.807, 2.05) is 0 Å². The van der Waals surface area contributed by atoms with Crippen LogP contribution in [0, 0.1) is 0 Å². The van der Waals surface area contributed by atoms with E-state index in [-0.39, 0.29) is 5.54 Å². The summed E-state index contributed by atoms with van der Waals surface area (Å²) in [5, 5.41) is 0. The van der Waals surface area contributed by atoms with Crippen molar-refractivity contribution in [2.24, 2.45) is 5.73 Å². The van der Waals surface area contributed by atoms with Gasteiger partial charge in [0.15, 0.2) is 0 Å².